The molecule has 0 aliphatic heterocycles. The first-order valence-electron chi connectivity index (χ1n) is 4.22. The van der Waals surface area contributed by atoms with Crippen molar-refractivity contribution >= 4 is 39.5 Å². The highest BCUT2D eigenvalue weighted by Gasteiger charge is 2.13. The van der Waals surface area contributed by atoms with Crippen LogP contribution in [0.25, 0.3) is 10.8 Å². The van der Waals surface area contributed by atoms with Crippen molar-refractivity contribution in [2.24, 2.45) is 0 Å². The minimum atomic E-state index is -3.39. The lowest BCUT2D eigenvalue weighted by atomic mass is 10.1. The first-order chi connectivity index (χ1) is 7.00. The fraction of sp³-hybridized carbons (Fsp3) is 0. The van der Waals surface area contributed by atoms with Gasteiger partial charge in [0.05, 0.1) is 19.7 Å². The molecule has 2 N–H and O–H groups in total. The minimum Gasteiger partial charge on any atom is -0.398 e. The van der Waals surface area contributed by atoms with Crippen molar-refractivity contribution in [2.75, 3.05) is 5.73 Å². The highest BCUT2D eigenvalue weighted by Crippen LogP contribution is 2.30. The van der Waals surface area contributed by atoms with E-state index < -0.39 is 8.27 Å². The Labute approximate surface area is 95.0 Å². The fourth-order valence-electron chi connectivity index (χ4n) is 1.51. The summed E-state index contributed by atoms with van der Waals surface area (Å²) in [5.41, 5.74) is 6.33. The molecule has 0 radical (unpaired) electrons. The zero-order chi connectivity index (χ0) is 11.1. The molecule has 0 aliphatic rings. The highest BCUT2D eigenvalue weighted by molar-refractivity contribution is 9.47. The van der Waals surface area contributed by atoms with Crippen LogP contribution in [-0.4, -0.2) is 8.42 Å². The summed E-state index contributed by atoms with van der Waals surface area (Å²) in [6, 6.07) is 10.2. The van der Waals surface area contributed by atoms with Gasteiger partial charge in [-0.3, -0.25) is 0 Å². The highest BCUT2D eigenvalue weighted by atomic mass is 79.9. The SMILES string of the molecule is Nc1ccc(S(=O)(=O)Br)c2ccccc12. The average molecular weight is 286 g/mol. The molecule has 3 nitrogen and oxygen atoms in total. The number of rotatable bonds is 1. The molecule has 0 saturated carbocycles. The van der Waals surface area contributed by atoms with Gasteiger partial charge < -0.3 is 5.73 Å². The molecule has 2 rings (SSSR count). The standard InChI is InChI=1S/C10H8BrNO2S/c11-15(13,14)10-6-5-9(12)7-3-1-2-4-8(7)10/h1-6H,12H2. The van der Waals surface area contributed by atoms with E-state index in [-0.39, 0.29) is 4.90 Å². The van der Waals surface area contributed by atoms with Gasteiger partial charge >= 0.3 is 0 Å². The van der Waals surface area contributed by atoms with E-state index >= 15 is 0 Å². The molecule has 0 atom stereocenters. The lowest BCUT2D eigenvalue weighted by Crippen LogP contribution is -1.94. The number of fused-ring (bicyclic) bond motifs is 1. The largest absolute Gasteiger partial charge is 0.398 e. The Morgan fingerprint density at radius 1 is 1.00 bits per heavy atom. The van der Waals surface area contributed by atoms with Gasteiger partial charge in [-0.2, -0.15) is 0 Å². The van der Waals surface area contributed by atoms with Gasteiger partial charge in [0.25, 0.3) is 0 Å². The van der Waals surface area contributed by atoms with E-state index in [1.807, 2.05) is 6.07 Å². The van der Waals surface area contributed by atoms with Crippen LogP contribution in [0.15, 0.2) is 41.3 Å². The van der Waals surface area contributed by atoms with Gasteiger partial charge in [0.1, 0.15) is 0 Å². The van der Waals surface area contributed by atoms with E-state index in [4.69, 9.17) is 5.73 Å². The molecular formula is C10H8BrNO2S. The summed E-state index contributed by atoms with van der Waals surface area (Å²) in [6.07, 6.45) is 0. The molecule has 0 unspecified atom stereocenters. The van der Waals surface area contributed by atoms with E-state index in [1.165, 1.54) is 6.07 Å². The number of halogens is 1. The normalized spacial score (nSPS) is 11.8. The molecule has 2 aromatic carbocycles. The Bertz CT molecular complexity index is 622. The Hall–Kier alpha value is -1.07. The van der Waals surface area contributed by atoms with E-state index in [9.17, 15) is 8.42 Å². The van der Waals surface area contributed by atoms with Crippen LogP contribution in [0.1, 0.15) is 0 Å². The molecule has 0 heterocycles. The van der Waals surface area contributed by atoms with Crippen LogP contribution in [0.5, 0.6) is 0 Å². The lowest BCUT2D eigenvalue weighted by molar-refractivity contribution is 0.612. The number of nitrogens with two attached hydrogens (primary N) is 1. The molecule has 0 spiro atoms. The molecule has 78 valence electrons. The smallest absolute Gasteiger partial charge is 0.238 e. The quantitative estimate of drug-likeness (QED) is 0.647. The van der Waals surface area contributed by atoms with Gasteiger partial charge in [-0.25, -0.2) is 8.42 Å². The van der Waals surface area contributed by atoms with E-state index in [0.29, 0.717) is 11.1 Å². The third kappa shape index (κ3) is 1.85. The van der Waals surface area contributed by atoms with Gasteiger partial charge in [-0.15, -0.1) is 0 Å². The van der Waals surface area contributed by atoms with Crippen LogP contribution in [0.3, 0.4) is 0 Å². The Balaban J connectivity index is 2.96. The van der Waals surface area contributed by atoms with E-state index in [0.717, 1.165) is 5.39 Å². The Kier molecular flexibility index (Phi) is 2.44. The molecule has 0 bridgehead atoms. The molecular weight excluding hydrogens is 278 g/mol. The van der Waals surface area contributed by atoms with E-state index in [1.54, 1.807) is 24.3 Å². The summed E-state index contributed by atoms with van der Waals surface area (Å²) >= 11 is 2.66. The van der Waals surface area contributed by atoms with Crippen molar-refractivity contribution in [1.29, 1.82) is 0 Å². The van der Waals surface area contributed by atoms with Crippen LogP contribution in [-0.2, 0) is 8.27 Å². The van der Waals surface area contributed by atoms with Crippen LogP contribution in [0.4, 0.5) is 5.69 Å². The molecule has 0 aliphatic carbocycles. The maximum absolute atomic E-state index is 11.4. The van der Waals surface area contributed by atoms with Crippen LogP contribution < -0.4 is 5.73 Å². The van der Waals surface area contributed by atoms with Gasteiger partial charge in [-0.1, -0.05) is 24.3 Å². The second-order valence-corrected chi connectivity index (χ2v) is 7.01. The second-order valence-electron chi connectivity index (χ2n) is 3.14. The second kappa shape index (κ2) is 3.50. The van der Waals surface area contributed by atoms with Gasteiger partial charge in [0.15, 0.2) is 0 Å². The van der Waals surface area contributed by atoms with Gasteiger partial charge in [0, 0.05) is 16.5 Å². The molecule has 0 fully saturated rings. The summed E-state index contributed by atoms with van der Waals surface area (Å²) in [7, 11) is -3.39. The Morgan fingerprint density at radius 2 is 1.60 bits per heavy atom. The summed E-state index contributed by atoms with van der Waals surface area (Å²) in [5.74, 6) is 0. The number of hydrogen-bond acceptors (Lipinski definition) is 3. The van der Waals surface area contributed by atoms with Gasteiger partial charge in [-0.05, 0) is 12.1 Å². The topological polar surface area (TPSA) is 60.2 Å². The molecule has 5 heteroatoms. The van der Waals surface area contributed by atoms with Crippen molar-refractivity contribution in [2.45, 2.75) is 4.90 Å². The molecule has 0 amide bonds. The number of nitrogen functional groups attached to an aromatic ring is 1. The van der Waals surface area contributed by atoms with Crippen LogP contribution in [0, 0.1) is 0 Å². The van der Waals surface area contributed by atoms with Crippen molar-refractivity contribution in [3.05, 3.63) is 36.4 Å². The zero-order valence-electron chi connectivity index (χ0n) is 7.64. The average Bonchev–Trinajstić information content (AvgIpc) is 2.17. The number of anilines is 1. The first kappa shape index (κ1) is 10.4. The predicted octanol–water partition coefficient (Wildman–Crippen LogP) is 2.51. The Morgan fingerprint density at radius 3 is 2.20 bits per heavy atom. The van der Waals surface area contributed by atoms with Crippen molar-refractivity contribution in [1.82, 2.24) is 0 Å². The van der Waals surface area contributed by atoms with Crippen molar-refractivity contribution < 1.29 is 8.42 Å². The van der Waals surface area contributed by atoms with Crippen molar-refractivity contribution in [3.63, 3.8) is 0 Å². The predicted molar refractivity (Wildman–Crippen MR) is 64.5 cm³/mol. The molecule has 0 saturated heterocycles. The first-order valence-corrected chi connectivity index (χ1v) is 7.54. The molecule has 0 aromatic heterocycles. The molecule has 15 heavy (non-hydrogen) atoms. The van der Waals surface area contributed by atoms with Crippen LogP contribution >= 0.6 is 14.8 Å². The molecule has 2 aromatic rings. The monoisotopic (exact) mass is 285 g/mol. The van der Waals surface area contributed by atoms with Crippen LogP contribution in [0.2, 0.25) is 0 Å². The van der Waals surface area contributed by atoms with Crippen molar-refractivity contribution in [3.8, 4) is 0 Å². The summed E-state index contributed by atoms with van der Waals surface area (Å²) in [4.78, 5) is 0.243. The maximum Gasteiger partial charge on any atom is 0.238 e. The third-order valence-corrected chi connectivity index (χ3v) is 4.11. The number of benzene rings is 2. The zero-order valence-corrected chi connectivity index (χ0v) is 10.0. The lowest BCUT2D eigenvalue weighted by Gasteiger charge is -2.05. The van der Waals surface area contributed by atoms with E-state index in [2.05, 4.69) is 14.8 Å². The fourth-order valence-corrected chi connectivity index (χ4v) is 3.03. The minimum absolute atomic E-state index is 0.243. The maximum atomic E-state index is 11.4. The summed E-state index contributed by atoms with van der Waals surface area (Å²) in [6.45, 7) is 0. The third-order valence-electron chi connectivity index (χ3n) is 2.18. The summed E-state index contributed by atoms with van der Waals surface area (Å²) in [5, 5.41) is 1.38. The number of hydrogen-bond donors (Lipinski definition) is 1. The van der Waals surface area contributed by atoms with Gasteiger partial charge in [0.2, 0.25) is 8.27 Å². The summed E-state index contributed by atoms with van der Waals surface area (Å²) < 4.78 is 22.9.